The highest BCUT2D eigenvalue weighted by atomic mass is 32.2. The predicted octanol–water partition coefficient (Wildman–Crippen LogP) is 4.36. The summed E-state index contributed by atoms with van der Waals surface area (Å²) in [5.74, 6) is -1.28. The van der Waals surface area contributed by atoms with Gasteiger partial charge >= 0.3 is 5.97 Å². The third kappa shape index (κ3) is 7.36. The van der Waals surface area contributed by atoms with Crippen molar-refractivity contribution >= 4 is 40.9 Å². The van der Waals surface area contributed by atoms with Gasteiger partial charge in [0.1, 0.15) is 11.6 Å². The van der Waals surface area contributed by atoms with Crippen molar-refractivity contribution in [2.45, 2.75) is 4.90 Å². The lowest BCUT2D eigenvalue weighted by molar-refractivity contribution is -0.119. The van der Waals surface area contributed by atoms with Crippen LogP contribution in [0.3, 0.4) is 0 Å². The number of carbonyl (C=O) groups excluding carboxylic acids is 3. The van der Waals surface area contributed by atoms with Crippen molar-refractivity contribution in [2.75, 3.05) is 30.1 Å². The monoisotopic (exact) mass is 468 g/mol. The van der Waals surface area contributed by atoms with E-state index in [0.29, 0.717) is 22.0 Å². The summed E-state index contributed by atoms with van der Waals surface area (Å²) in [6.45, 7) is -0.472. The molecule has 0 radical (unpaired) electrons. The first-order valence-corrected chi connectivity index (χ1v) is 10.8. The Hall–Kier alpha value is -3.85. The number of hydrogen-bond acceptors (Lipinski definition) is 6. The summed E-state index contributed by atoms with van der Waals surface area (Å²) in [7, 11) is 1.52. The van der Waals surface area contributed by atoms with Crippen LogP contribution in [0.25, 0.3) is 0 Å². The number of thioether (sulfide) groups is 1. The van der Waals surface area contributed by atoms with Crippen LogP contribution in [-0.4, -0.2) is 37.3 Å². The minimum Gasteiger partial charge on any atom is -0.497 e. The lowest BCUT2D eigenvalue weighted by Crippen LogP contribution is -2.21. The number of esters is 1. The predicted molar refractivity (Wildman–Crippen MR) is 124 cm³/mol. The molecule has 0 aromatic heterocycles. The van der Waals surface area contributed by atoms with Gasteiger partial charge in [0.15, 0.2) is 6.61 Å². The summed E-state index contributed by atoms with van der Waals surface area (Å²) >= 11 is 1.15. The standard InChI is InChI=1S/C24H21FN2O5S/c1-31-19-6-4-5-18(13-19)27-22(28)14-32-24(30)20-7-2-3-8-21(20)33-15-23(29)26-17-11-9-16(25)10-12-17/h2-13H,14-15H2,1H3,(H,26,29)(H,27,28). The van der Waals surface area contributed by atoms with Crippen LogP contribution in [0.1, 0.15) is 10.4 Å². The van der Waals surface area contributed by atoms with Gasteiger partial charge in [0.2, 0.25) is 5.91 Å². The zero-order valence-electron chi connectivity index (χ0n) is 17.7. The molecule has 33 heavy (non-hydrogen) atoms. The molecule has 3 rings (SSSR count). The van der Waals surface area contributed by atoms with Crippen LogP contribution in [0.5, 0.6) is 5.75 Å². The van der Waals surface area contributed by atoms with Crippen molar-refractivity contribution in [3.63, 3.8) is 0 Å². The quantitative estimate of drug-likeness (QED) is 0.358. The third-order valence-corrected chi connectivity index (χ3v) is 5.36. The molecule has 0 atom stereocenters. The van der Waals surface area contributed by atoms with E-state index in [-0.39, 0.29) is 17.2 Å². The Balaban J connectivity index is 1.53. The molecule has 0 spiro atoms. The minimum atomic E-state index is -0.683. The molecule has 0 aliphatic carbocycles. The first-order valence-electron chi connectivity index (χ1n) is 9.83. The van der Waals surface area contributed by atoms with E-state index in [0.717, 1.165) is 11.8 Å². The van der Waals surface area contributed by atoms with Gasteiger partial charge in [-0.1, -0.05) is 18.2 Å². The molecule has 2 N–H and O–H groups in total. The highest BCUT2D eigenvalue weighted by Crippen LogP contribution is 2.24. The molecule has 0 heterocycles. The van der Waals surface area contributed by atoms with Gasteiger partial charge in [-0.05, 0) is 48.5 Å². The molecule has 0 aliphatic rings. The van der Waals surface area contributed by atoms with Crippen molar-refractivity contribution in [1.29, 1.82) is 0 Å². The molecule has 7 nitrogen and oxygen atoms in total. The first-order chi connectivity index (χ1) is 15.9. The van der Waals surface area contributed by atoms with Crippen LogP contribution in [0.2, 0.25) is 0 Å². The molecular formula is C24H21FN2O5S. The number of amides is 2. The summed E-state index contributed by atoms with van der Waals surface area (Å²) in [5, 5.41) is 5.28. The van der Waals surface area contributed by atoms with E-state index in [1.54, 1.807) is 48.5 Å². The molecule has 2 amide bonds. The van der Waals surface area contributed by atoms with Gasteiger partial charge in [0.05, 0.1) is 18.4 Å². The van der Waals surface area contributed by atoms with Gasteiger partial charge in [-0.25, -0.2) is 9.18 Å². The van der Waals surface area contributed by atoms with Crippen LogP contribution >= 0.6 is 11.8 Å². The topological polar surface area (TPSA) is 93.7 Å². The van der Waals surface area contributed by atoms with E-state index in [1.807, 2.05) is 0 Å². The average molecular weight is 469 g/mol. The number of ether oxygens (including phenoxy) is 2. The molecule has 0 unspecified atom stereocenters. The smallest absolute Gasteiger partial charge is 0.339 e. The fourth-order valence-electron chi connectivity index (χ4n) is 2.74. The molecule has 0 fully saturated rings. The van der Waals surface area contributed by atoms with Crippen LogP contribution < -0.4 is 15.4 Å². The summed E-state index contributed by atoms with van der Waals surface area (Å²) < 4.78 is 23.2. The van der Waals surface area contributed by atoms with Gasteiger partial charge in [-0.3, -0.25) is 9.59 Å². The number of rotatable bonds is 9. The highest BCUT2D eigenvalue weighted by Gasteiger charge is 2.16. The Bertz CT molecular complexity index is 1140. The second kappa shape index (κ2) is 11.7. The third-order valence-electron chi connectivity index (χ3n) is 4.28. The largest absolute Gasteiger partial charge is 0.497 e. The Morgan fingerprint density at radius 1 is 0.879 bits per heavy atom. The van der Waals surface area contributed by atoms with E-state index in [1.165, 1.54) is 31.4 Å². The van der Waals surface area contributed by atoms with E-state index < -0.39 is 24.3 Å². The number of benzene rings is 3. The first kappa shape index (κ1) is 23.8. The lowest BCUT2D eigenvalue weighted by atomic mass is 10.2. The van der Waals surface area contributed by atoms with Gasteiger partial charge in [-0.15, -0.1) is 11.8 Å². The molecule has 0 saturated carbocycles. The Kier molecular flexibility index (Phi) is 8.43. The summed E-state index contributed by atoms with van der Waals surface area (Å²) in [4.78, 5) is 37.4. The SMILES string of the molecule is COc1cccc(NC(=O)COC(=O)c2ccccc2SCC(=O)Nc2ccc(F)cc2)c1. The summed E-state index contributed by atoms with van der Waals surface area (Å²) in [5.41, 5.74) is 1.22. The van der Waals surface area contributed by atoms with Gasteiger partial charge in [0.25, 0.3) is 5.91 Å². The Labute approximate surface area is 194 Å². The summed E-state index contributed by atoms with van der Waals surface area (Å²) in [6, 6.07) is 18.8. The van der Waals surface area contributed by atoms with Gasteiger partial charge in [-0.2, -0.15) is 0 Å². The minimum absolute atomic E-state index is 0.0258. The van der Waals surface area contributed by atoms with Crippen LogP contribution in [0.15, 0.2) is 77.7 Å². The number of hydrogen-bond donors (Lipinski definition) is 2. The van der Waals surface area contributed by atoms with E-state index in [9.17, 15) is 18.8 Å². The van der Waals surface area contributed by atoms with Crippen molar-refractivity contribution in [3.05, 3.63) is 84.2 Å². The highest BCUT2D eigenvalue weighted by molar-refractivity contribution is 8.00. The second-order valence-corrected chi connectivity index (χ2v) is 7.71. The van der Waals surface area contributed by atoms with Crippen molar-refractivity contribution in [3.8, 4) is 5.75 Å². The van der Waals surface area contributed by atoms with E-state index >= 15 is 0 Å². The van der Waals surface area contributed by atoms with Crippen LogP contribution in [0, 0.1) is 5.82 Å². The van der Waals surface area contributed by atoms with Crippen molar-refractivity contribution < 1.29 is 28.2 Å². The van der Waals surface area contributed by atoms with Gasteiger partial charge in [0, 0.05) is 22.3 Å². The molecule has 0 bridgehead atoms. The Morgan fingerprint density at radius 2 is 1.61 bits per heavy atom. The fourth-order valence-corrected chi connectivity index (χ4v) is 3.58. The maximum absolute atomic E-state index is 13.0. The normalized spacial score (nSPS) is 10.2. The van der Waals surface area contributed by atoms with E-state index in [4.69, 9.17) is 9.47 Å². The number of carbonyl (C=O) groups is 3. The molecule has 3 aromatic carbocycles. The summed E-state index contributed by atoms with van der Waals surface area (Å²) in [6.07, 6.45) is 0. The number of anilines is 2. The van der Waals surface area contributed by atoms with Crippen LogP contribution in [-0.2, 0) is 14.3 Å². The van der Waals surface area contributed by atoms with Gasteiger partial charge < -0.3 is 20.1 Å². The molecule has 170 valence electrons. The molecule has 9 heteroatoms. The average Bonchev–Trinajstić information content (AvgIpc) is 2.83. The zero-order chi connectivity index (χ0) is 23.6. The van der Waals surface area contributed by atoms with Crippen molar-refractivity contribution in [1.82, 2.24) is 0 Å². The fraction of sp³-hybridized carbons (Fsp3) is 0.125. The van der Waals surface area contributed by atoms with Crippen LogP contribution in [0.4, 0.5) is 15.8 Å². The van der Waals surface area contributed by atoms with E-state index in [2.05, 4.69) is 10.6 Å². The molecular weight excluding hydrogens is 447 g/mol. The number of methoxy groups -OCH3 is 1. The second-order valence-electron chi connectivity index (χ2n) is 6.70. The number of halogens is 1. The molecule has 0 aliphatic heterocycles. The lowest BCUT2D eigenvalue weighted by Gasteiger charge is -2.10. The Morgan fingerprint density at radius 3 is 2.36 bits per heavy atom. The van der Waals surface area contributed by atoms with Crippen molar-refractivity contribution in [2.24, 2.45) is 0 Å². The zero-order valence-corrected chi connectivity index (χ0v) is 18.5. The molecule has 0 saturated heterocycles. The number of nitrogens with one attached hydrogen (secondary N) is 2. The maximum Gasteiger partial charge on any atom is 0.339 e. The maximum atomic E-state index is 13.0. The molecule has 3 aromatic rings.